The van der Waals surface area contributed by atoms with Crippen molar-refractivity contribution in [2.24, 2.45) is 50.7 Å². The number of hydrogen-bond acceptors (Lipinski definition) is 4. The van der Waals surface area contributed by atoms with Crippen molar-refractivity contribution in [1.29, 1.82) is 0 Å². The summed E-state index contributed by atoms with van der Waals surface area (Å²) in [7, 11) is 0. The lowest BCUT2D eigenvalue weighted by molar-refractivity contribution is -0.305. The fraction of sp³-hybridized carbons (Fsp3) is 0.897. The van der Waals surface area contributed by atoms with Gasteiger partial charge in [0.2, 0.25) is 0 Å². The van der Waals surface area contributed by atoms with Crippen LogP contribution in [0.25, 0.3) is 0 Å². The lowest BCUT2D eigenvalue weighted by Gasteiger charge is -2.76. The third-order valence-electron chi connectivity index (χ3n) is 13.6. The minimum absolute atomic E-state index is 0.0217. The van der Waals surface area contributed by atoms with Crippen molar-refractivity contribution in [3.05, 3.63) is 12.2 Å². The van der Waals surface area contributed by atoms with Gasteiger partial charge in [-0.2, -0.15) is 0 Å². The number of carbonyl (C=O) groups excluding carboxylic acids is 1. The molecule has 184 valence electrons. The number of aliphatic hydroxyl groups is 2. The minimum Gasteiger partial charge on any atom is -0.458 e. The van der Waals surface area contributed by atoms with Gasteiger partial charge < -0.3 is 14.9 Å². The second kappa shape index (κ2) is 6.46. The average molecular weight is 457 g/mol. The Morgan fingerprint density at radius 2 is 1.55 bits per heavy atom. The highest BCUT2D eigenvalue weighted by Crippen LogP contribution is 2.79. The molecule has 4 nitrogen and oxygen atoms in total. The van der Waals surface area contributed by atoms with E-state index in [1.54, 1.807) is 0 Å². The van der Waals surface area contributed by atoms with Crippen LogP contribution in [0.4, 0.5) is 0 Å². The first kappa shape index (κ1) is 22.6. The van der Waals surface area contributed by atoms with Crippen molar-refractivity contribution < 1.29 is 19.7 Å². The maximum atomic E-state index is 14.0. The van der Waals surface area contributed by atoms with Gasteiger partial charge in [-0.15, -0.1) is 0 Å². The van der Waals surface area contributed by atoms with Crippen LogP contribution in [0.5, 0.6) is 0 Å². The monoisotopic (exact) mass is 456 g/mol. The summed E-state index contributed by atoms with van der Waals surface area (Å²) in [6.07, 6.45) is 7.75. The van der Waals surface area contributed by atoms with Crippen molar-refractivity contribution in [1.82, 2.24) is 0 Å². The summed E-state index contributed by atoms with van der Waals surface area (Å²) in [6, 6.07) is 0. The molecule has 2 N–H and O–H groups in total. The van der Waals surface area contributed by atoms with E-state index in [4.69, 9.17) is 4.74 Å². The van der Waals surface area contributed by atoms with Gasteiger partial charge in [-0.1, -0.05) is 41.2 Å². The number of aliphatic hydroxyl groups excluding tert-OH is 2. The van der Waals surface area contributed by atoms with E-state index in [1.807, 2.05) is 0 Å². The number of rotatable bonds is 0. The summed E-state index contributed by atoms with van der Waals surface area (Å²) >= 11 is 0. The highest BCUT2D eigenvalue weighted by atomic mass is 16.6. The van der Waals surface area contributed by atoms with Crippen LogP contribution in [0.2, 0.25) is 0 Å². The molecule has 1 spiro atoms. The first-order valence-corrected chi connectivity index (χ1v) is 13.6. The Bertz CT molecular complexity index is 913. The average Bonchev–Trinajstić information content (AvgIpc) is 2.75. The van der Waals surface area contributed by atoms with Crippen LogP contribution in [0.1, 0.15) is 92.4 Å². The Morgan fingerprint density at radius 3 is 2.27 bits per heavy atom. The number of carbonyl (C=O) groups is 1. The Balaban J connectivity index is 1.46. The number of fused-ring (bicyclic) bond motifs is 4. The topological polar surface area (TPSA) is 66.8 Å². The maximum absolute atomic E-state index is 14.0. The third kappa shape index (κ3) is 2.30. The van der Waals surface area contributed by atoms with Crippen molar-refractivity contribution in [3.8, 4) is 0 Å². The Morgan fingerprint density at radius 1 is 0.848 bits per heavy atom. The molecular weight excluding hydrogens is 412 g/mol. The summed E-state index contributed by atoms with van der Waals surface area (Å²) in [6.45, 7) is 16.2. The Labute approximate surface area is 199 Å². The molecule has 4 bridgehead atoms. The van der Waals surface area contributed by atoms with Crippen LogP contribution in [0.15, 0.2) is 12.2 Å². The smallest absolute Gasteiger partial charge is 0.313 e. The normalized spacial score (nSPS) is 62.0. The van der Waals surface area contributed by atoms with Gasteiger partial charge in [-0.25, -0.2) is 0 Å². The molecule has 4 heteroatoms. The molecule has 33 heavy (non-hydrogen) atoms. The van der Waals surface area contributed by atoms with Crippen molar-refractivity contribution in [2.75, 3.05) is 0 Å². The number of hydrogen-bond donors (Lipinski definition) is 2. The van der Waals surface area contributed by atoms with Crippen LogP contribution in [-0.4, -0.2) is 34.5 Å². The molecule has 5 saturated carbocycles. The molecule has 6 fully saturated rings. The van der Waals surface area contributed by atoms with Crippen molar-refractivity contribution in [3.63, 3.8) is 0 Å². The molecule has 0 aromatic rings. The van der Waals surface area contributed by atoms with E-state index in [1.165, 1.54) is 0 Å². The van der Waals surface area contributed by atoms with E-state index in [-0.39, 0.29) is 39.7 Å². The molecule has 6 rings (SSSR count). The predicted molar refractivity (Wildman–Crippen MR) is 127 cm³/mol. The van der Waals surface area contributed by atoms with E-state index < -0.39 is 17.6 Å². The van der Waals surface area contributed by atoms with Crippen LogP contribution in [0.3, 0.4) is 0 Å². The van der Waals surface area contributed by atoms with Crippen LogP contribution in [-0.2, 0) is 9.53 Å². The summed E-state index contributed by atoms with van der Waals surface area (Å²) in [5.74, 6) is 1.62. The SMILES string of the molecule is C=C1C[C@H]2[C@]3(C)CC[C@]4(C)[C@H]5CC[C@@]6(C)[C@@H](CC[C@H](O)[C@@H]6C)[C@]5(C)CC[C@@]24C(=O)O[C@@H]3[C@H]1O. The van der Waals surface area contributed by atoms with Gasteiger partial charge in [-0.3, -0.25) is 4.79 Å². The zero-order valence-corrected chi connectivity index (χ0v) is 21.3. The quantitative estimate of drug-likeness (QED) is 0.385. The largest absolute Gasteiger partial charge is 0.458 e. The van der Waals surface area contributed by atoms with Gasteiger partial charge >= 0.3 is 5.97 Å². The molecule has 1 aliphatic heterocycles. The Kier molecular flexibility index (Phi) is 4.42. The fourth-order valence-corrected chi connectivity index (χ4v) is 11.5. The van der Waals surface area contributed by atoms with Gasteiger partial charge in [0.1, 0.15) is 12.2 Å². The van der Waals surface area contributed by atoms with Gasteiger partial charge in [-0.05, 0) is 103 Å². The molecule has 1 heterocycles. The fourth-order valence-electron chi connectivity index (χ4n) is 11.5. The van der Waals surface area contributed by atoms with Crippen LogP contribution >= 0.6 is 0 Å². The van der Waals surface area contributed by atoms with E-state index >= 15 is 0 Å². The van der Waals surface area contributed by atoms with E-state index in [2.05, 4.69) is 41.2 Å². The molecule has 0 radical (unpaired) electrons. The highest BCUT2D eigenvalue weighted by Gasteiger charge is 2.78. The van der Waals surface area contributed by atoms with Gasteiger partial charge in [0.25, 0.3) is 0 Å². The zero-order valence-electron chi connectivity index (χ0n) is 21.3. The predicted octanol–water partition coefficient (Wildman–Crippen LogP) is 5.27. The molecule has 12 atom stereocenters. The molecule has 1 saturated heterocycles. The minimum atomic E-state index is -0.726. The standard InChI is InChI=1S/C29H44O4/c1-16-15-21-27(5)11-13-28(6)20-9-10-25(3)17(2)18(30)7-8-19(25)26(20,4)12-14-29(21,28)24(32)33-23(27)22(16)31/h17-23,30-31H,1,7-15H2,2-6H3/t17-,18-,19+,20-,21-,22-,23+,25+,26-,27-,28+,29-/m0/s1. The molecule has 0 amide bonds. The number of ether oxygens (including phenoxy) is 1. The summed E-state index contributed by atoms with van der Waals surface area (Å²) in [5, 5.41) is 21.6. The van der Waals surface area contributed by atoms with E-state index in [0.717, 1.165) is 63.4 Å². The van der Waals surface area contributed by atoms with Gasteiger partial charge in [0.05, 0.1) is 11.5 Å². The summed E-state index contributed by atoms with van der Waals surface area (Å²) < 4.78 is 6.22. The maximum Gasteiger partial charge on any atom is 0.313 e. The van der Waals surface area contributed by atoms with Crippen molar-refractivity contribution >= 4 is 5.97 Å². The molecule has 0 aromatic heterocycles. The van der Waals surface area contributed by atoms with Gasteiger partial charge in [0.15, 0.2) is 0 Å². The first-order chi connectivity index (χ1) is 15.4. The molecule has 0 unspecified atom stereocenters. The van der Waals surface area contributed by atoms with Crippen molar-refractivity contribution in [2.45, 2.75) is 111 Å². The second-order valence-electron chi connectivity index (χ2n) is 14.2. The first-order valence-electron chi connectivity index (χ1n) is 13.6. The number of esters is 1. The van der Waals surface area contributed by atoms with E-state index in [9.17, 15) is 15.0 Å². The highest BCUT2D eigenvalue weighted by molar-refractivity contribution is 5.81. The molecule has 5 aliphatic carbocycles. The van der Waals surface area contributed by atoms with Gasteiger partial charge in [0, 0.05) is 5.41 Å². The van der Waals surface area contributed by atoms with E-state index in [0.29, 0.717) is 17.8 Å². The third-order valence-corrected chi connectivity index (χ3v) is 13.6. The lowest BCUT2D eigenvalue weighted by atomic mass is 9.29. The van der Waals surface area contributed by atoms with Crippen LogP contribution < -0.4 is 0 Å². The summed E-state index contributed by atoms with van der Waals surface area (Å²) in [4.78, 5) is 14.0. The second-order valence-corrected chi connectivity index (χ2v) is 14.2. The Hall–Kier alpha value is -0.870. The molecular formula is C29H44O4. The van der Waals surface area contributed by atoms with Crippen LogP contribution in [0, 0.1) is 50.7 Å². The zero-order chi connectivity index (χ0) is 23.8. The lowest BCUT2D eigenvalue weighted by Crippen LogP contribution is -2.75. The molecule has 0 aromatic carbocycles. The summed E-state index contributed by atoms with van der Waals surface area (Å²) in [5.41, 5.74) is 0.519. The molecule has 6 aliphatic rings.